The lowest BCUT2D eigenvalue weighted by molar-refractivity contribution is -0.112. The van der Waals surface area contributed by atoms with Crippen LogP contribution in [0.3, 0.4) is 0 Å². The summed E-state index contributed by atoms with van der Waals surface area (Å²) in [6.45, 7) is 0. The lowest BCUT2D eigenvalue weighted by atomic mass is 10.2. The second-order valence-corrected chi connectivity index (χ2v) is 7.42. The van der Waals surface area contributed by atoms with Gasteiger partial charge in [0.2, 0.25) is 0 Å². The van der Waals surface area contributed by atoms with Gasteiger partial charge in [0.25, 0.3) is 11.8 Å². The summed E-state index contributed by atoms with van der Waals surface area (Å²) in [7, 11) is 3.12. The molecule has 3 aromatic rings. The first kappa shape index (κ1) is 18.2. The van der Waals surface area contributed by atoms with Crippen LogP contribution in [0, 0.1) is 0 Å². The molecule has 0 aliphatic carbocycles. The van der Waals surface area contributed by atoms with Gasteiger partial charge < -0.3 is 13.9 Å². The van der Waals surface area contributed by atoms with Gasteiger partial charge in [0.15, 0.2) is 11.5 Å². The predicted molar refractivity (Wildman–Crippen MR) is 103 cm³/mol. The Balaban J connectivity index is 1.65. The number of methoxy groups -OCH3 is 2. The molecule has 0 aliphatic rings. The standard InChI is InChI=1S/C17H14BrN3O4S/c1-23-11-5-3-10(9-12(11)24-2)4-8-15(22)19-17-21-20-16(25-17)13-6-7-14(18)26-13/h3-9H,1-2H3,(H,19,21,22). The van der Waals surface area contributed by atoms with Gasteiger partial charge in [0, 0.05) is 6.08 Å². The van der Waals surface area contributed by atoms with Gasteiger partial charge in [0.1, 0.15) is 0 Å². The first-order chi connectivity index (χ1) is 12.6. The highest BCUT2D eigenvalue weighted by Gasteiger charge is 2.12. The Morgan fingerprint density at radius 1 is 1.19 bits per heavy atom. The lowest BCUT2D eigenvalue weighted by Gasteiger charge is -2.07. The molecule has 7 nitrogen and oxygen atoms in total. The fourth-order valence-corrected chi connectivity index (χ4v) is 3.39. The maximum absolute atomic E-state index is 12.0. The van der Waals surface area contributed by atoms with E-state index in [2.05, 4.69) is 31.4 Å². The molecule has 0 radical (unpaired) electrons. The molecule has 9 heteroatoms. The van der Waals surface area contributed by atoms with Crippen molar-refractivity contribution >= 4 is 45.3 Å². The number of benzene rings is 1. The summed E-state index contributed by atoms with van der Waals surface area (Å²) in [5.41, 5.74) is 0.785. The van der Waals surface area contributed by atoms with E-state index in [1.54, 1.807) is 32.4 Å². The van der Waals surface area contributed by atoms with Crippen molar-refractivity contribution in [2.75, 3.05) is 19.5 Å². The molecule has 0 aliphatic heterocycles. The van der Waals surface area contributed by atoms with Crippen molar-refractivity contribution in [1.29, 1.82) is 0 Å². The third-order valence-electron chi connectivity index (χ3n) is 3.27. The number of carbonyl (C=O) groups is 1. The molecule has 0 saturated carbocycles. The summed E-state index contributed by atoms with van der Waals surface area (Å²) < 4.78 is 16.8. The van der Waals surface area contributed by atoms with Crippen molar-refractivity contribution in [1.82, 2.24) is 10.2 Å². The number of rotatable bonds is 6. The van der Waals surface area contributed by atoms with Crippen molar-refractivity contribution < 1.29 is 18.7 Å². The number of amides is 1. The molecule has 2 heterocycles. The number of anilines is 1. The molecule has 2 aromatic heterocycles. The van der Waals surface area contributed by atoms with E-state index in [4.69, 9.17) is 13.9 Å². The highest BCUT2D eigenvalue weighted by atomic mass is 79.9. The Kier molecular flexibility index (Phi) is 5.69. The first-order valence-corrected chi connectivity index (χ1v) is 9.00. The molecule has 1 aromatic carbocycles. The van der Waals surface area contributed by atoms with Gasteiger partial charge in [-0.25, -0.2) is 0 Å². The zero-order chi connectivity index (χ0) is 18.5. The van der Waals surface area contributed by atoms with Crippen LogP contribution >= 0.6 is 27.3 Å². The normalized spacial score (nSPS) is 10.9. The molecule has 26 heavy (non-hydrogen) atoms. The molecule has 0 bridgehead atoms. The second-order valence-electron chi connectivity index (χ2n) is 4.95. The molecule has 0 unspecified atom stereocenters. The Morgan fingerprint density at radius 2 is 2.00 bits per heavy atom. The Morgan fingerprint density at radius 3 is 2.69 bits per heavy atom. The van der Waals surface area contributed by atoms with Crippen LogP contribution in [-0.2, 0) is 4.79 Å². The first-order valence-electron chi connectivity index (χ1n) is 7.39. The van der Waals surface area contributed by atoms with Crippen LogP contribution in [0.25, 0.3) is 16.8 Å². The SMILES string of the molecule is COc1ccc(C=CC(=O)Nc2nnc(-c3ccc(Br)s3)o2)cc1OC. The Labute approximate surface area is 161 Å². The fourth-order valence-electron chi connectivity index (χ4n) is 2.08. The van der Waals surface area contributed by atoms with Crippen molar-refractivity contribution in [2.45, 2.75) is 0 Å². The monoisotopic (exact) mass is 435 g/mol. The van der Waals surface area contributed by atoms with Gasteiger partial charge in [-0.2, -0.15) is 0 Å². The van der Waals surface area contributed by atoms with Crippen molar-refractivity contribution in [3.63, 3.8) is 0 Å². The number of hydrogen-bond donors (Lipinski definition) is 1. The largest absolute Gasteiger partial charge is 0.493 e. The lowest BCUT2D eigenvalue weighted by Crippen LogP contribution is -2.07. The fraction of sp³-hybridized carbons (Fsp3) is 0.118. The van der Waals surface area contributed by atoms with Crippen LogP contribution in [0.5, 0.6) is 11.5 Å². The van der Waals surface area contributed by atoms with Gasteiger partial charge in [-0.05, 0) is 51.8 Å². The number of nitrogens with zero attached hydrogens (tertiary/aromatic N) is 2. The van der Waals surface area contributed by atoms with Crippen LogP contribution in [0.15, 0.2) is 44.6 Å². The maximum atomic E-state index is 12.0. The molecule has 1 amide bonds. The smallest absolute Gasteiger partial charge is 0.322 e. The van der Waals surface area contributed by atoms with Crippen LogP contribution in [0.1, 0.15) is 5.56 Å². The minimum absolute atomic E-state index is 0.0338. The third-order valence-corrected chi connectivity index (χ3v) is 4.89. The van der Waals surface area contributed by atoms with E-state index in [1.165, 1.54) is 17.4 Å². The van der Waals surface area contributed by atoms with Gasteiger partial charge in [-0.3, -0.25) is 10.1 Å². The summed E-state index contributed by atoms with van der Waals surface area (Å²) in [6.07, 6.45) is 3.01. The predicted octanol–water partition coefficient (Wildman–Crippen LogP) is 4.23. The number of thiophene rings is 1. The number of halogens is 1. The molecular weight excluding hydrogens is 422 g/mol. The minimum Gasteiger partial charge on any atom is -0.493 e. The van der Waals surface area contributed by atoms with Crippen LogP contribution in [-0.4, -0.2) is 30.3 Å². The summed E-state index contributed by atoms with van der Waals surface area (Å²) in [5.74, 6) is 1.16. The zero-order valence-electron chi connectivity index (χ0n) is 13.9. The van der Waals surface area contributed by atoms with E-state index in [1.807, 2.05) is 18.2 Å². The average Bonchev–Trinajstić information content (AvgIpc) is 3.28. The minimum atomic E-state index is -0.387. The highest BCUT2D eigenvalue weighted by molar-refractivity contribution is 9.11. The van der Waals surface area contributed by atoms with Gasteiger partial charge in [0.05, 0.1) is 22.9 Å². The number of nitrogens with one attached hydrogen (secondary N) is 1. The quantitative estimate of drug-likeness (QED) is 0.582. The average molecular weight is 436 g/mol. The van der Waals surface area contributed by atoms with Gasteiger partial charge in [-0.1, -0.05) is 11.2 Å². The van der Waals surface area contributed by atoms with Crippen LogP contribution < -0.4 is 14.8 Å². The summed E-state index contributed by atoms with van der Waals surface area (Å²) in [6, 6.07) is 9.11. The van der Waals surface area contributed by atoms with E-state index in [9.17, 15) is 4.79 Å². The van der Waals surface area contributed by atoms with E-state index in [-0.39, 0.29) is 11.9 Å². The molecule has 0 spiro atoms. The van der Waals surface area contributed by atoms with E-state index >= 15 is 0 Å². The van der Waals surface area contributed by atoms with Gasteiger partial charge in [-0.15, -0.1) is 16.4 Å². The van der Waals surface area contributed by atoms with Crippen molar-refractivity contribution in [2.24, 2.45) is 0 Å². The second kappa shape index (κ2) is 8.15. The van der Waals surface area contributed by atoms with Gasteiger partial charge >= 0.3 is 6.01 Å². The molecule has 1 N–H and O–H groups in total. The summed E-state index contributed by atoms with van der Waals surface area (Å²) in [5, 5.41) is 10.3. The molecular formula is C17H14BrN3O4S. The topological polar surface area (TPSA) is 86.5 Å². The Bertz CT molecular complexity index is 951. The van der Waals surface area contributed by atoms with Crippen molar-refractivity contribution in [3.05, 3.63) is 45.8 Å². The maximum Gasteiger partial charge on any atom is 0.322 e. The number of aromatic nitrogens is 2. The molecule has 0 fully saturated rings. The van der Waals surface area contributed by atoms with E-state index in [0.29, 0.717) is 17.4 Å². The third kappa shape index (κ3) is 4.30. The number of carbonyl (C=O) groups excluding carboxylic acids is 1. The van der Waals surface area contributed by atoms with Crippen LogP contribution in [0.2, 0.25) is 0 Å². The number of hydrogen-bond acceptors (Lipinski definition) is 7. The number of ether oxygens (including phenoxy) is 2. The summed E-state index contributed by atoms with van der Waals surface area (Å²) >= 11 is 4.83. The Hall–Kier alpha value is -2.65. The molecule has 3 rings (SSSR count). The molecule has 0 atom stereocenters. The van der Waals surface area contributed by atoms with E-state index in [0.717, 1.165) is 14.2 Å². The van der Waals surface area contributed by atoms with Crippen LogP contribution in [0.4, 0.5) is 6.01 Å². The van der Waals surface area contributed by atoms with E-state index < -0.39 is 0 Å². The van der Waals surface area contributed by atoms with Crippen molar-refractivity contribution in [3.8, 4) is 22.3 Å². The highest BCUT2D eigenvalue weighted by Crippen LogP contribution is 2.31. The molecule has 134 valence electrons. The molecule has 0 saturated heterocycles. The summed E-state index contributed by atoms with van der Waals surface area (Å²) in [4.78, 5) is 12.8. The zero-order valence-corrected chi connectivity index (χ0v) is 16.3.